The number of carbonyl (C=O) groups excluding carboxylic acids is 1. The zero-order valence-corrected chi connectivity index (χ0v) is 13.4. The lowest BCUT2D eigenvalue weighted by Crippen LogP contribution is -2.49. The van der Waals surface area contributed by atoms with Gasteiger partial charge in [0.25, 0.3) is 0 Å². The first-order valence-electron chi connectivity index (χ1n) is 6.91. The van der Waals surface area contributed by atoms with Crippen LogP contribution in [0.4, 0.5) is 0 Å². The zero-order chi connectivity index (χ0) is 13.1. The van der Waals surface area contributed by atoms with Crippen molar-refractivity contribution in [1.82, 2.24) is 20.0 Å². The molecular weight excluding hydrogens is 315 g/mol. The van der Waals surface area contributed by atoms with Gasteiger partial charge >= 0.3 is 0 Å². The van der Waals surface area contributed by atoms with Crippen molar-refractivity contribution < 1.29 is 9.53 Å². The molecule has 1 amide bonds. The van der Waals surface area contributed by atoms with Gasteiger partial charge in [-0.2, -0.15) is 5.10 Å². The average molecular weight is 337 g/mol. The maximum absolute atomic E-state index is 12.4. The Hall–Kier alpha value is -0.820. The van der Waals surface area contributed by atoms with Crippen LogP contribution in [0.5, 0.6) is 0 Å². The van der Waals surface area contributed by atoms with Gasteiger partial charge in [-0.05, 0) is 19.0 Å². The van der Waals surface area contributed by atoms with E-state index < -0.39 is 0 Å². The molecular formula is C13H22Cl2N4O2. The van der Waals surface area contributed by atoms with Crippen LogP contribution in [0.25, 0.3) is 0 Å². The number of hydrogen-bond acceptors (Lipinski definition) is 4. The standard InChI is InChI=1S/C13H20N4O2.2ClH/c18-13(11-2-4-14-8-11)16-6-7-19-12(9-16)10-17-5-1-3-15-17;;/h1,3,5,11-12,14H,2,4,6-10H2;2*1H. The summed E-state index contributed by atoms with van der Waals surface area (Å²) in [4.78, 5) is 14.3. The van der Waals surface area contributed by atoms with Crippen molar-refractivity contribution in [3.05, 3.63) is 18.5 Å². The summed E-state index contributed by atoms with van der Waals surface area (Å²) in [6.07, 6.45) is 4.69. The predicted molar refractivity (Wildman–Crippen MR) is 84.0 cm³/mol. The van der Waals surface area contributed by atoms with Crippen molar-refractivity contribution in [2.45, 2.75) is 19.1 Å². The van der Waals surface area contributed by atoms with Gasteiger partial charge in [0.1, 0.15) is 0 Å². The second-order valence-electron chi connectivity index (χ2n) is 5.19. The van der Waals surface area contributed by atoms with Gasteiger partial charge in [-0.1, -0.05) is 0 Å². The van der Waals surface area contributed by atoms with Crippen LogP contribution in [0.2, 0.25) is 0 Å². The third-order valence-electron chi connectivity index (χ3n) is 3.81. The number of rotatable bonds is 3. The van der Waals surface area contributed by atoms with Crippen LogP contribution in [0.15, 0.2) is 18.5 Å². The lowest BCUT2D eigenvalue weighted by molar-refractivity contribution is -0.143. The highest BCUT2D eigenvalue weighted by molar-refractivity contribution is 5.85. The molecule has 1 aromatic heterocycles. The number of hydrogen-bond donors (Lipinski definition) is 1. The van der Waals surface area contributed by atoms with E-state index in [9.17, 15) is 4.79 Å². The third kappa shape index (κ3) is 4.57. The first-order valence-corrected chi connectivity index (χ1v) is 6.91. The van der Waals surface area contributed by atoms with E-state index in [4.69, 9.17) is 4.74 Å². The van der Waals surface area contributed by atoms with E-state index >= 15 is 0 Å². The Morgan fingerprint density at radius 2 is 2.29 bits per heavy atom. The van der Waals surface area contributed by atoms with Gasteiger partial charge in [0.15, 0.2) is 0 Å². The molecule has 1 aromatic rings. The summed E-state index contributed by atoms with van der Waals surface area (Å²) in [5.74, 6) is 0.433. The van der Waals surface area contributed by atoms with E-state index in [1.807, 2.05) is 21.8 Å². The molecule has 0 spiro atoms. The van der Waals surface area contributed by atoms with Gasteiger partial charge in [0.05, 0.1) is 25.2 Å². The molecule has 120 valence electrons. The van der Waals surface area contributed by atoms with Crippen LogP contribution in [0.1, 0.15) is 6.42 Å². The maximum atomic E-state index is 12.4. The Morgan fingerprint density at radius 3 is 2.95 bits per heavy atom. The molecule has 0 aromatic carbocycles. The summed E-state index contributed by atoms with van der Waals surface area (Å²) in [5, 5.41) is 7.43. The van der Waals surface area contributed by atoms with Crippen LogP contribution < -0.4 is 5.32 Å². The maximum Gasteiger partial charge on any atom is 0.227 e. The van der Waals surface area contributed by atoms with E-state index in [-0.39, 0.29) is 42.7 Å². The molecule has 6 nitrogen and oxygen atoms in total. The van der Waals surface area contributed by atoms with Crippen molar-refractivity contribution in [2.75, 3.05) is 32.8 Å². The normalized spacial score (nSPS) is 25.0. The highest BCUT2D eigenvalue weighted by atomic mass is 35.5. The molecule has 3 heterocycles. The molecule has 2 fully saturated rings. The molecule has 3 rings (SSSR count). The Bertz CT molecular complexity index is 424. The second-order valence-corrected chi connectivity index (χ2v) is 5.19. The summed E-state index contributed by atoms with van der Waals surface area (Å²) in [5.41, 5.74) is 0. The van der Waals surface area contributed by atoms with Gasteiger partial charge in [-0.15, -0.1) is 24.8 Å². The van der Waals surface area contributed by atoms with Crippen molar-refractivity contribution in [2.24, 2.45) is 5.92 Å². The van der Waals surface area contributed by atoms with E-state index in [0.717, 1.165) is 19.5 Å². The molecule has 2 aliphatic rings. The van der Waals surface area contributed by atoms with Crippen molar-refractivity contribution in [3.8, 4) is 0 Å². The molecule has 0 radical (unpaired) electrons. The molecule has 2 unspecified atom stereocenters. The number of halogens is 2. The average Bonchev–Trinajstić information content (AvgIpc) is 3.11. The summed E-state index contributed by atoms with van der Waals surface area (Å²) in [6, 6.07) is 1.90. The molecule has 0 saturated carbocycles. The highest BCUT2D eigenvalue weighted by Crippen LogP contribution is 2.15. The fraction of sp³-hybridized carbons (Fsp3) is 0.692. The fourth-order valence-electron chi connectivity index (χ4n) is 2.77. The predicted octanol–water partition coefficient (Wildman–Crippen LogP) is 0.564. The fourth-order valence-corrected chi connectivity index (χ4v) is 2.77. The smallest absolute Gasteiger partial charge is 0.227 e. The van der Waals surface area contributed by atoms with Gasteiger partial charge in [0.2, 0.25) is 5.91 Å². The number of nitrogens with zero attached hydrogens (tertiary/aromatic N) is 3. The molecule has 21 heavy (non-hydrogen) atoms. The largest absolute Gasteiger partial charge is 0.373 e. The SMILES string of the molecule is Cl.Cl.O=C(C1CCNC1)N1CCOC(Cn2cccn2)C1. The molecule has 2 aliphatic heterocycles. The molecule has 0 aliphatic carbocycles. The summed E-state index contributed by atoms with van der Waals surface area (Å²) >= 11 is 0. The quantitative estimate of drug-likeness (QED) is 0.876. The topological polar surface area (TPSA) is 59.4 Å². The van der Waals surface area contributed by atoms with Gasteiger partial charge in [-0.25, -0.2) is 0 Å². The van der Waals surface area contributed by atoms with Crippen molar-refractivity contribution >= 4 is 30.7 Å². The zero-order valence-electron chi connectivity index (χ0n) is 11.8. The third-order valence-corrected chi connectivity index (χ3v) is 3.81. The van der Waals surface area contributed by atoms with Crippen molar-refractivity contribution in [3.63, 3.8) is 0 Å². The van der Waals surface area contributed by atoms with Gasteiger partial charge < -0.3 is 15.0 Å². The van der Waals surface area contributed by atoms with Gasteiger partial charge in [-0.3, -0.25) is 9.48 Å². The molecule has 0 bridgehead atoms. The second kappa shape index (κ2) is 8.58. The minimum atomic E-state index is 0. The molecule has 2 saturated heterocycles. The Kier molecular flexibility index (Phi) is 7.45. The van der Waals surface area contributed by atoms with E-state index in [2.05, 4.69) is 10.4 Å². The molecule has 8 heteroatoms. The van der Waals surface area contributed by atoms with Crippen LogP contribution in [-0.4, -0.2) is 59.5 Å². The summed E-state index contributed by atoms with van der Waals surface area (Å²) in [6.45, 7) is 4.50. The molecule has 1 N–H and O–H groups in total. The Labute approximate surface area is 137 Å². The first kappa shape index (κ1) is 18.2. The monoisotopic (exact) mass is 336 g/mol. The van der Waals surface area contributed by atoms with Crippen LogP contribution in [0.3, 0.4) is 0 Å². The molecule has 2 atom stereocenters. The Morgan fingerprint density at radius 1 is 1.43 bits per heavy atom. The number of ether oxygens (including phenoxy) is 1. The Balaban J connectivity index is 0.00000110. The minimum absolute atomic E-state index is 0. The van der Waals surface area contributed by atoms with E-state index in [1.165, 1.54) is 0 Å². The summed E-state index contributed by atoms with van der Waals surface area (Å²) in [7, 11) is 0. The number of nitrogens with one attached hydrogen (secondary N) is 1. The van der Waals surface area contributed by atoms with Crippen LogP contribution in [0, 0.1) is 5.92 Å². The first-order chi connectivity index (χ1) is 9.33. The van der Waals surface area contributed by atoms with E-state index in [0.29, 0.717) is 26.2 Å². The highest BCUT2D eigenvalue weighted by Gasteiger charge is 2.31. The number of aromatic nitrogens is 2. The summed E-state index contributed by atoms with van der Waals surface area (Å²) < 4.78 is 7.58. The van der Waals surface area contributed by atoms with Crippen LogP contribution in [-0.2, 0) is 16.1 Å². The van der Waals surface area contributed by atoms with Crippen molar-refractivity contribution in [1.29, 1.82) is 0 Å². The van der Waals surface area contributed by atoms with Crippen LogP contribution >= 0.6 is 24.8 Å². The lowest BCUT2D eigenvalue weighted by Gasteiger charge is -2.34. The minimum Gasteiger partial charge on any atom is -0.373 e. The lowest BCUT2D eigenvalue weighted by atomic mass is 10.1. The number of carbonyl (C=O) groups is 1. The number of morpholine rings is 1. The van der Waals surface area contributed by atoms with Gasteiger partial charge in [0, 0.05) is 32.0 Å². The number of amides is 1. The van der Waals surface area contributed by atoms with E-state index in [1.54, 1.807) is 6.20 Å².